The van der Waals surface area contributed by atoms with Crippen molar-refractivity contribution in [3.05, 3.63) is 53.0 Å². The molecule has 0 saturated heterocycles. The zero-order valence-electron chi connectivity index (χ0n) is 13.9. The smallest absolute Gasteiger partial charge is 0.254 e. The molecule has 2 aliphatic rings. The number of nitrogens with zero attached hydrogens (tertiary/aromatic N) is 2. The lowest BCUT2D eigenvalue weighted by atomic mass is 10.1. The molecule has 0 atom stereocenters. The van der Waals surface area contributed by atoms with Gasteiger partial charge in [-0.1, -0.05) is 11.2 Å². The molecule has 2 aromatic heterocycles. The van der Waals surface area contributed by atoms with Crippen LogP contribution in [0.1, 0.15) is 28.9 Å². The Hall–Kier alpha value is -2.80. The number of amides is 1. The summed E-state index contributed by atoms with van der Waals surface area (Å²) < 4.78 is 16.1. The van der Waals surface area contributed by atoms with Crippen LogP contribution in [0.2, 0.25) is 0 Å². The molecule has 26 heavy (non-hydrogen) atoms. The first-order chi connectivity index (χ1) is 12.8. The predicted octanol–water partition coefficient (Wildman–Crippen LogP) is 3.94. The van der Waals surface area contributed by atoms with Crippen LogP contribution in [-0.2, 0) is 6.54 Å². The average Bonchev–Trinajstić information content (AvgIpc) is 3.10. The molecule has 6 nitrogen and oxygen atoms in total. The summed E-state index contributed by atoms with van der Waals surface area (Å²) in [6.07, 6.45) is 2.04. The molecule has 0 N–H and O–H groups in total. The third-order valence-electron chi connectivity index (χ3n) is 4.52. The van der Waals surface area contributed by atoms with Gasteiger partial charge in [-0.25, -0.2) is 0 Å². The van der Waals surface area contributed by atoms with Crippen LogP contribution in [0.4, 0.5) is 0 Å². The summed E-state index contributed by atoms with van der Waals surface area (Å²) in [6, 6.07) is 11.5. The van der Waals surface area contributed by atoms with E-state index in [1.165, 1.54) is 0 Å². The van der Waals surface area contributed by atoms with E-state index < -0.39 is 0 Å². The van der Waals surface area contributed by atoms with E-state index in [0.717, 1.165) is 29.2 Å². The van der Waals surface area contributed by atoms with Crippen molar-refractivity contribution >= 4 is 17.2 Å². The fourth-order valence-electron chi connectivity index (χ4n) is 3.04. The Kier molecular flexibility index (Phi) is 3.67. The summed E-state index contributed by atoms with van der Waals surface area (Å²) in [4.78, 5) is 15.9. The SMILES string of the molecule is O=C(c1ccc2c(c1)OCO2)N(Cc1cc(-c2cccs2)on1)C1CC1. The number of aromatic nitrogens is 1. The molecular weight excluding hydrogens is 352 g/mol. The minimum absolute atomic E-state index is 0.0218. The zero-order chi connectivity index (χ0) is 17.5. The Morgan fingerprint density at radius 1 is 1.19 bits per heavy atom. The van der Waals surface area contributed by atoms with Crippen molar-refractivity contribution < 1.29 is 18.8 Å². The van der Waals surface area contributed by atoms with Crippen molar-refractivity contribution in [1.82, 2.24) is 10.1 Å². The van der Waals surface area contributed by atoms with Crippen LogP contribution in [0.3, 0.4) is 0 Å². The van der Waals surface area contributed by atoms with Crippen LogP contribution >= 0.6 is 11.3 Å². The third-order valence-corrected chi connectivity index (χ3v) is 5.41. The van der Waals surface area contributed by atoms with Gasteiger partial charge >= 0.3 is 0 Å². The number of benzene rings is 1. The van der Waals surface area contributed by atoms with Gasteiger partial charge in [0.05, 0.1) is 11.4 Å². The Morgan fingerprint density at radius 2 is 2.08 bits per heavy atom. The molecule has 3 aromatic rings. The standard InChI is InChI=1S/C19H16N2O4S/c22-19(12-3-6-15-16(8-12)24-11-23-15)21(14-4-5-14)10-13-9-17(25-20-13)18-2-1-7-26-18/h1-3,6-9,14H,4-5,10-11H2. The molecule has 0 unspecified atom stereocenters. The second-order valence-corrected chi connectivity index (χ2v) is 7.34. The maximum absolute atomic E-state index is 13.0. The number of thiophene rings is 1. The molecule has 1 fully saturated rings. The molecule has 0 spiro atoms. The molecule has 0 bridgehead atoms. The molecule has 132 valence electrons. The van der Waals surface area contributed by atoms with E-state index in [1.54, 1.807) is 29.5 Å². The zero-order valence-corrected chi connectivity index (χ0v) is 14.7. The van der Waals surface area contributed by atoms with Crippen molar-refractivity contribution in [3.8, 4) is 22.1 Å². The lowest BCUT2D eigenvalue weighted by molar-refractivity contribution is 0.0725. The minimum Gasteiger partial charge on any atom is -0.454 e. The van der Waals surface area contributed by atoms with E-state index >= 15 is 0 Å². The second-order valence-electron chi connectivity index (χ2n) is 6.39. The molecule has 0 radical (unpaired) electrons. The van der Waals surface area contributed by atoms with Crippen LogP contribution in [0.5, 0.6) is 11.5 Å². The van der Waals surface area contributed by atoms with Gasteiger partial charge in [0.15, 0.2) is 17.3 Å². The number of fused-ring (bicyclic) bond motifs is 1. The summed E-state index contributed by atoms with van der Waals surface area (Å²) >= 11 is 1.60. The highest BCUT2D eigenvalue weighted by Crippen LogP contribution is 2.35. The van der Waals surface area contributed by atoms with Crippen molar-refractivity contribution in [2.75, 3.05) is 6.79 Å². The average molecular weight is 368 g/mol. The highest BCUT2D eigenvalue weighted by Gasteiger charge is 2.34. The van der Waals surface area contributed by atoms with Crippen LogP contribution in [0, 0.1) is 0 Å². The lowest BCUT2D eigenvalue weighted by Gasteiger charge is -2.21. The van der Waals surface area contributed by atoms with Gasteiger partial charge in [-0.2, -0.15) is 0 Å². The summed E-state index contributed by atoms with van der Waals surface area (Å²) in [5.74, 6) is 2.01. The Labute approximate surface area is 153 Å². The molecule has 7 heteroatoms. The van der Waals surface area contributed by atoms with E-state index in [4.69, 9.17) is 14.0 Å². The van der Waals surface area contributed by atoms with Gasteiger partial charge in [0.25, 0.3) is 5.91 Å². The summed E-state index contributed by atoms with van der Waals surface area (Å²) in [5.41, 5.74) is 1.36. The summed E-state index contributed by atoms with van der Waals surface area (Å²) in [6.45, 7) is 0.635. The van der Waals surface area contributed by atoms with Gasteiger partial charge in [-0.15, -0.1) is 11.3 Å². The molecular formula is C19H16N2O4S. The van der Waals surface area contributed by atoms with Gasteiger partial charge < -0.3 is 18.9 Å². The lowest BCUT2D eigenvalue weighted by Crippen LogP contribution is -2.32. The first-order valence-corrected chi connectivity index (χ1v) is 9.36. The molecule has 1 amide bonds. The fourth-order valence-corrected chi connectivity index (χ4v) is 3.72. The van der Waals surface area contributed by atoms with Crippen LogP contribution in [-0.4, -0.2) is 28.8 Å². The molecule has 1 aliphatic heterocycles. The molecule has 5 rings (SSSR count). The van der Waals surface area contributed by atoms with Crippen LogP contribution in [0.15, 0.2) is 46.3 Å². The normalized spacial score (nSPS) is 15.2. The maximum Gasteiger partial charge on any atom is 0.254 e. The topological polar surface area (TPSA) is 64.8 Å². The second kappa shape index (κ2) is 6.17. The quantitative estimate of drug-likeness (QED) is 0.683. The van der Waals surface area contributed by atoms with E-state index in [1.807, 2.05) is 28.5 Å². The number of ether oxygens (including phenoxy) is 2. The first kappa shape index (κ1) is 15.5. The number of hydrogen-bond acceptors (Lipinski definition) is 6. The van der Waals surface area contributed by atoms with E-state index in [2.05, 4.69) is 5.16 Å². The van der Waals surface area contributed by atoms with Gasteiger partial charge in [0.2, 0.25) is 6.79 Å². The Bertz CT molecular complexity index is 946. The van der Waals surface area contributed by atoms with E-state index in [-0.39, 0.29) is 18.7 Å². The van der Waals surface area contributed by atoms with Crippen molar-refractivity contribution in [2.24, 2.45) is 0 Å². The fraction of sp³-hybridized carbons (Fsp3) is 0.263. The van der Waals surface area contributed by atoms with E-state index in [0.29, 0.717) is 23.6 Å². The first-order valence-electron chi connectivity index (χ1n) is 8.48. The van der Waals surface area contributed by atoms with Gasteiger partial charge in [-0.3, -0.25) is 4.79 Å². The molecule has 1 saturated carbocycles. The van der Waals surface area contributed by atoms with E-state index in [9.17, 15) is 4.79 Å². The number of hydrogen-bond donors (Lipinski definition) is 0. The van der Waals surface area contributed by atoms with Crippen LogP contribution < -0.4 is 9.47 Å². The highest BCUT2D eigenvalue weighted by atomic mass is 32.1. The van der Waals surface area contributed by atoms with Crippen LogP contribution in [0.25, 0.3) is 10.6 Å². The molecule has 1 aliphatic carbocycles. The highest BCUT2D eigenvalue weighted by molar-refractivity contribution is 7.13. The number of carbonyl (C=O) groups excluding carboxylic acids is 1. The Morgan fingerprint density at radius 3 is 2.88 bits per heavy atom. The Balaban J connectivity index is 1.38. The predicted molar refractivity (Wildman–Crippen MR) is 95.3 cm³/mol. The van der Waals surface area contributed by atoms with Gasteiger partial charge in [-0.05, 0) is 42.5 Å². The minimum atomic E-state index is -0.0218. The monoisotopic (exact) mass is 368 g/mol. The molecule has 3 heterocycles. The van der Waals surface area contributed by atoms with Gasteiger partial charge in [0.1, 0.15) is 5.69 Å². The summed E-state index contributed by atoms with van der Waals surface area (Å²) in [7, 11) is 0. The maximum atomic E-state index is 13.0. The largest absolute Gasteiger partial charge is 0.454 e. The number of rotatable bonds is 5. The van der Waals surface area contributed by atoms with Crippen molar-refractivity contribution in [2.45, 2.75) is 25.4 Å². The summed E-state index contributed by atoms with van der Waals surface area (Å²) in [5, 5.41) is 6.15. The third kappa shape index (κ3) is 2.84. The van der Waals surface area contributed by atoms with Gasteiger partial charge in [0, 0.05) is 17.7 Å². The number of carbonyl (C=O) groups is 1. The van der Waals surface area contributed by atoms with Crippen molar-refractivity contribution in [1.29, 1.82) is 0 Å². The molecule has 1 aromatic carbocycles. The van der Waals surface area contributed by atoms with Crippen molar-refractivity contribution in [3.63, 3.8) is 0 Å².